The summed E-state index contributed by atoms with van der Waals surface area (Å²) in [5.41, 5.74) is 0. The predicted molar refractivity (Wildman–Crippen MR) is 54.7 cm³/mol. The van der Waals surface area contributed by atoms with E-state index in [1.54, 1.807) is 6.08 Å². The van der Waals surface area contributed by atoms with Crippen molar-refractivity contribution in [3.8, 4) is 0 Å². The molecule has 0 amide bonds. The molecule has 0 aliphatic heterocycles. The fraction of sp³-hybridized carbons (Fsp3) is 0.714. The molecule has 0 spiro atoms. The van der Waals surface area contributed by atoms with Gasteiger partial charge in [-0.1, -0.05) is 0 Å². The highest BCUT2D eigenvalue weighted by Crippen LogP contribution is 2.11. The number of aliphatic hydroxyl groups excluding tert-OH is 1. The maximum Gasteiger partial charge on any atom is 0.110 e. The SMILES string of the molecule is COC(C=C(S)S)C(CO)OC. The van der Waals surface area contributed by atoms with Crippen LogP contribution in [-0.4, -0.2) is 38.1 Å². The van der Waals surface area contributed by atoms with Crippen LogP contribution >= 0.6 is 25.3 Å². The lowest BCUT2D eigenvalue weighted by Crippen LogP contribution is -2.31. The molecular weight excluding hydrogens is 196 g/mol. The minimum atomic E-state index is -0.371. The van der Waals surface area contributed by atoms with Gasteiger partial charge in [0, 0.05) is 18.5 Å². The molecule has 2 unspecified atom stereocenters. The van der Waals surface area contributed by atoms with Gasteiger partial charge in [-0.3, -0.25) is 0 Å². The van der Waals surface area contributed by atoms with E-state index in [0.29, 0.717) is 4.24 Å². The number of ether oxygens (including phenoxy) is 2. The van der Waals surface area contributed by atoms with Gasteiger partial charge in [-0.15, -0.1) is 25.3 Å². The van der Waals surface area contributed by atoms with Crippen LogP contribution in [0, 0.1) is 0 Å². The Morgan fingerprint density at radius 2 is 2.00 bits per heavy atom. The van der Waals surface area contributed by atoms with E-state index in [1.807, 2.05) is 0 Å². The zero-order valence-electron chi connectivity index (χ0n) is 7.10. The first-order valence-corrected chi connectivity index (χ1v) is 4.31. The van der Waals surface area contributed by atoms with Gasteiger partial charge in [-0.05, 0) is 6.08 Å². The molecule has 3 nitrogen and oxygen atoms in total. The lowest BCUT2D eigenvalue weighted by atomic mass is 10.2. The van der Waals surface area contributed by atoms with Gasteiger partial charge in [0.15, 0.2) is 0 Å². The fourth-order valence-corrected chi connectivity index (χ4v) is 1.08. The molecule has 0 heterocycles. The number of hydrogen-bond donors (Lipinski definition) is 3. The molecule has 1 N–H and O–H groups in total. The van der Waals surface area contributed by atoms with Crippen molar-refractivity contribution in [2.24, 2.45) is 0 Å². The largest absolute Gasteiger partial charge is 0.394 e. The van der Waals surface area contributed by atoms with Crippen molar-refractivity contribution >= 4 is 25.3 Å². The van der Waals surface area contributed by atoms with Crippen molar-refractivity contribution < 1.29 is 14.6 Å². The Morgan fingerprint density at radius 1 is 1.42 bits per heavy atom. The monoisotopic (exact) mass is 210 g/mol. The number of hydrogen-bond acceptors (Lipinski definition) is 5. The molecule has 2 atom stereocenters. The van der Waals surface area contributed by atoms with E-state index in [9.17, 15) is 0 Å². The standard InChI is InChI=1S/C7H14O3S2/c1-9-5(3-7(11)12)6(4-8)10-2/h3,5-6,8,11-12H,4H2,1-2H3. The molecule has 5 heteroatoms. The third-order valence-corrected chi connectivity index (χ3v) is 1.73. The number of aliphatic hydroxyl groups is 1. The Bertz CT molecular complexity index is 142. The summed E-state index contributed by atoms with van der Waals surface area (Å²) in [6.45, 7) is -0.0969. The molecule has 0 saturated heterocycles. The maximum atomic E-state index is 8.86. The molecular formula is C7H14O3S2. The molecule has 0 rings (SSSR count). The molecule has 0 fully saturated rings. The quantitative estimate of drug-likeness (QED) is 0.585. The Morgan fingerprint density at radius 3 is 2.25 bits per heavy atom. The second-order valence-corrected chi connectivity index (χ2v) is 3.50. The van der Waals surface area contributed by atoms with Crippen molar-refractivity contribution in [2.45, 2.75) is 12.2 Å². The van der Waals surface area contributed by atoms with Crippen LogP contribution in [0.3, 0.4) is 0 Å². The minimum Gasteiger partial charge on any atom is -0.394 e. The van der Waals surface area contributed by atoms with Crippen LogP contribution in [0.25, 0.3) is 0 Å². The summed E-state index contributed by atoms with van der Waals surface area (Å²) in [6, 6.07) is 0. The molecule has 0 bridgehead atoms. The van der Waals surface area contributed by atoms with E-state index in [0.717, 1.165) is 0 Å². The van der Waals surface area contributed by atoms with Crippen molar-refractivity contribution in [3.63, 3.8) is 0 Å². The molecule has 0 radical (unpaired) electrons. The zero-order chi connectivity index (χ0) is 9.56. The fourth-order valence-electron chi connectivity index (χ4n) is 0.787. The van der Waals surface area contributed by atoms with Crippen LogP contribution in [-0.2, 0) is 9.47 Å². The smallest absolute Gasteiger partial charge is 0.110 e. The van der Waals surface area contributed by atoms with Crippen LogP contribution < -0.4 is 0 Å². The van der Waals surface area contributed by atoms with E-state index in [2.05, 4.69) is 25.3 Å². The Hall–Kier alpha value is 0.320. The van der Waals surface area contributed by atoms with Gasteiger partial charge in [-0.2, -0.15) is 0 Å². The second-order valence-electron chi connectivity index (χ2n) is 2.18. The first-order valence-electron chi connectivity index (χ1n) is 3.41. The van der Waals surface area contributed by atoms with E-state index < -0.39 is 0 Å². The van der Waals surface area contributed by atoms with Gasteiger partial charge in [0.25, 0.3) is 0 Å². The molecule has 0 aliphatic rings. The molecule has 0 aromatic rings. The third kappa shape index (κ3) is 4.37. The predicted octanol–water partition coefficient (Wildman–Crippen LogP) is 0.710. The summed E-state index contributed by atoms with van der Waals surface area (Å²) in [5.74, 6) is 0. The maximum absolute atomic E-state index is 8.86. The topological polar surface area (TPSA) is 38.7 Å². The van der Waals surface area contributed by atoms with E-state index in [1.165, 1.54) is 14.2 Å². The van der Waals surface area contributed by atoms with Gasteiger partial charge in [0.2, 0.25) is 0 Å². The van der Waals surface area contributed by atoms with Crippen molar-refractivity contribution in [2.75, 3.05) is 20.8 Å². The highest BCUT2D eigenvalue weighted by atomic mass is 32.2. The lowest BCUT2D eigenvalue weighted by Gasteiger charge is -2.19. The average molecular weight is 210 g/mol. The average Bonchev–Trinajstić information content (AvgIpc) is 2.04. The summed E-state index contributed by atoms with van der Waals surface area (Å²) < 4.78 is 10.6. The Kier molecular flexibility index (Phi) is 6.98. The van der Waals surface area contributed by atoms with E-state index >= 15 is 0 Å². The van der Waals surface area contributed by atoms with Crippen molar-refractivity contribution in [3.05, 3.63) is 10.3 Å². The van der Waals surface area contributed by atoms with E-state index in [4.69, 9.17) is 14.6 Å². The minimum absolute atomic E-state index is 0.0969. The van der Waals surface area contributed by atoms with Gasteiger partial charge in [0.05, 0.1) is 6.61 Å². The Labute approximate surface area is 83.6 Å². The van der Waals surface area contributed by atoms with Gasteiger partial charge in [0.1, 0.15) is 12.2 Å². The second kappa shape index (κ2) is 6.80. The molecule has 0 aromatic carbocycles. The molecule has 12 heavy (non-hydrogen) atoms. The summed E-state index contributed by atoms with van der Waals surface area (Å²) in [5, 5.41) is 8.86. The van der Waals surface area contributed by atoms with Crippen LogP contribution in [0.15, 0.2) is 10.3 Å². The van der Waals surface area contributed by atoms with Gasteiger partial charge >= 0.3 is 0 Å². The third-order valence-electron chi connectivity index (χ3n) is 1.43. The number of methoxy groups -OCH3 is 2. The zero-order valence-corrected chi connectivity index (χ0v) is 8.89. The van der Waals surface area contributed by atoms with Crippen LogP contribution in [0.5, 0.6) is 0 Å². The summed E-state index contributed by atoms with van der Waals surface area (Å²) >= 11 is 7.94. The normalized spacial score (nSPS) is 15.4. The molecule has 72 valence electrons. The summed E-state index contributed by atoms with van der Waals surface area (Å²) in [6.07, 6.45) is 0.977. The first-order chi connectivity index (χ1) is 5.65. The Balaban J connectivity index is 4.21. The summed E-state index contributed by atoms with van der Waals surface area (Å²) in [7, 11) is 3.05. The molecule has 0 aromatic heterocycles. The van der Waals surface area contributed by atoms with Crippen LogP contribution in [0.4, 0.5) is 0 Å². The number of rotatable bonds is 5. The lowest BCUT2D eigenvalue weighted by molar-refractivity contribution is -0.0386. The first kappa shape index (κ1) is 12.3. The van der Waals surface area contributed by atoms with Crippen molar-refractivity contribution in [1.82, 2.24) is 0 Å². The highest BCUT2D eigenvalue weighted by molar-refractivity contribution is 8.05. The van der Waals surface area contributed by atoms with Gasteiger partial charge < -0.3 is 14.6 Å². The van der Waals surface area contributed by atoms with E-state index in [-0.39, 0.29) is 18.8 Å². The molecule has 0 aliphatic carbocycles. The summed E-state index contributed by atoms with van der Waals surface area (Å²) in [4.78, 5) is 0. The highest BCUT2D eigenvalue weighted by Gasteiger charge is 2.17. The van der Waals surface area contributed by atoms with Crippen molar-refractivity contribution in [1.29, 1.82) is 0 Å². The van der Waals surface area contributed by atoms with Crippen LogP contribution in [0.2, 0.25) is 0 Å². The number of thiol groups is 2. The van der Waals surface area contributed by atoms with Gasteiger partial charge in [-0.25, -0.2) is 0 Å². The molecule has 0 saturated carbocycles. The van der Waals surface area contributed by atoms with Crippen LogP contribution in [0.1, 0.15) is 0 Å².